The minimum absolute atomic E-state index is 0.0880. The number of carbonyl (C=O) groups excluding carboxylic acids is 1. The Bertz CT molecular complexity index is 1200. The fraction of sp³-hybridized carbons (Fsp3) is 0.962. The third kappa shape index (κ3) is 63.6. The molecule has 82 heavy (non-hydrogen) atoms. The Morgan fingerprint density at radius 2 is 0.476 bits per heavy atom. The first-order valence-corrected chi connectivity index (χ1v) is 38.6. The smallest absolute Gasteiger partial charge is 0.311 e. The van der Waals surface area contributed by atoms with Gasteiger partial charge in [0.05, 0.1) is 25.2 Å². The number of hydrogen-bond donors (Lipinski definition) is 2. The van der Waals surface area contributed by atoms with Crippen molar-refractivity contribution >= 4 is 5.97 Å². The van der Waals surface area contributed by atoms with Crippen molar-refractivity contribution in [2.24, 2.45) is 11.8 Å². The summed E-state index contributed by atoms with van der Waals surface area (Å²) >= 11 is 0. The lowest BCUT2D eigenvalue weighted by atomic mass is 9.91. The molecule has 0 spiro atoms. The number of ether oxygens (including phenoxy) is 1. The van der Waals surface area contributed by atoms with Gasteiger partial charge in [0, 0.05) is 0 Å². The third-order valence-corrected chi connectivity index (χ3v) is 19.2. The molecule has 4 unspecified atom stereocenters. The molecule has 0 fully saturated rings. The summed E-state index contributed by atoms with van der Waals surface area (Å²) in [6.07, 6.45) is 94.5. The van der Waals surface area contributed by atoms with Crippen molar-refractivity contribution < 1.29 is 19.7 Å². The monoisotopic (exact) mass is 1160 g/mol. The van der Waals surface area contributed by atoms with Crippen molar-refractivity contribution in [3.63, 3.8) is 0 Å². The van der Waals surface area contributed by atoms with Crippen LogP contribution in [0.2, 0.25) is 0 Å². The van der Waals surface area contributed by atoms with E-state index in [9.17, 15) is 15.0 Å². The van der Waals surface area contributed by atoms with Gasteiger partial charge in [-0.15, -0.1) is 0 Å². The van der Waals surface area contributed by atoms with Crippen molar-refractivity contribution in [3.05, 3.63) is 12.2 Å². The van der Waals surface area contributed by atoms with E-state index in [1.165, 1.54) is 392 Å². The quantitative estimate of drug-likeness (QED) is 0.0362. The molecule has 0 aromatic rings. The molecule has 0 aromatic heterocycles. The van der Waals surface area contributed by atoms with E-state index >= 15 is 0 Å². The van der Waals surface area contributed by atoms with Crippen molar-refractivity contribution in [1.82, 2.24) is 0 Å². The van der Waals surface area contributed by atoms with Crippen molar-refractivity contribution in [2.45, 2.75) is 463 Å². The van der Waals surface area contributed by atoms with Crippen LogP contribution in [0.5, 0.6) is 0 Å². The third-order valence-electron chi connectivity index (χ3n) is 19.2. The normalized spacial score (nSPS) is 13.4. The van der Waals surface area contributed by atoms with Crippen molar-refractivity contribution in [2.75, 3.05) is 7.11 Å². The van der Waals surface area contributed by atoms with Gasteiger partial charge in [-0.05, 0) is 57.3 Å². The van der Waals surface area contributed by atoms with Gasteiger partial charge in [0.15, 0.2) is 0 Å². The highest BCUT2D eigenvalue weighted by Gasteiger charge is 2.27. The molecular weight excluding hydrogens is 1000 g/mol. The van der Waals surface area contributed by atoms with E-state index in [4.69, 9.17) is 4.74 Å². The van der Waals surface area contributed by atoms with Crippen molar-refractivity contribution in [1.29, 1.82) is 0 Å². The fourth-order valence-electron chi connectivity index (χ4n) is 13.1. The van der Waals surface area contributed by atoms with Crippen LogP contribution < -0.4 is 0 Å². The number of allylic oxidation sites excluding steroid dienone is 2. The number of methoxy groups -OCH3 is 1. The van der Waals surface area contributed by atoms with Gasteiger partial charge in [-0.1, -0.05) is 412 Å². The first-order chi connectivity index (χ1) is 40.5. The van der Waals surface area contributed by atoms with E-state index in [0.29, 0.717) is 5.92 Å². The molecule has 0 aliphatic carbocycles. The van der Waals surface area contributed by atoms with E-state index in [0.717, 1.165) is 44.9 Å². The Balaban J connectivity index is 3.44. The van der Waals surface area contributed by atoms with E-state index in [2.05, 4.69) is 32.9 Å². The summed E-state index contributed by atoms with van der Waals surface area (Å²) in [6, 6.07) is 0. The van der Waals surface area contributed by atoms with Gasteiger partial charge in [-0.3, -0.25) is 4.79 Å². The Labute approximate surface area is 517 Å². The molecule has 0 aliphatic rings. The van der Waals surface area contributed by atoms with Crippen LogP contribution in [0.3, 0.4) is 0 Å². The summed E-state index contributed by atoms with van der Waals surface area (Å²) in [7, 11) is 1.48. The lowest BCUT2D eigenvalue weighted by Crippen LogP contribution is -2.29. The zero-order valence-corrected chi connectivity index (χ0v) is 57.1. The molecule has 490 valence electrons. The zero-order chi connectivity index (χ0) is 59.4. The number of aliphatic hydroxyl groups excluding tert-OH is 2. The number of unbranched alkanes of at least 4 members (excludes halogenated alkanes) is 59. The minimum Gasteiger partial charge on any atom is -0.469 e. The van der Waals surface area contributed by atoms with Crippen LogP contribution in [0.1, 0.15) is 451 Å². The highest BCUT2D eigenvalue weighted by atomic mass is 16.5. The first kappa shape index (κ1) is 81.1. The van der Waals surface area contributed by atoms with Crippen LogP contribution in [-0.4, -0.2) is 35.5 Å². The summed E-state index contributed by atoms with van der Waals surface area (Å²) in [5, 5.41) is 21.6. The number of aliphatic hydroxyl groups is 2. The summed E-state index contributed by atoms with van der Waals surface area (Å²) in [6.45, 7) is 6.89. The van der Waals surface area contributed by atoms with Gasteiger partial charge >= 0.3 is 5.97 Å². The van der Waals surface area contributed by atoms with Crippen LogP contribution in [0.25, 0.3) is 0 Å². The largest absolute Gasteiger partial charge is 0.469 e. The lowest BCUT2D eigenvalue weighted by molar-refractivity contribution is -0.150. The maximum absolute atomic E-state index is 12.5. The molecular formula is C78H154O4. The molecule has 4 nitrogen and oxygen atoms in total. The first-order valence-electron chi connectivity index (χ1n) is 38.6. The Morgan fingerprint density at radius 1 is 0.280 bits per heavy atom. The van der Waals surface area contributed by atoms with Crippen LogP contribution in [0, 0.1) is 11.8 Å². The predicted octanol–water partition coefficient (Wildman–Crippen LogP) is 26.9. The molecule has 0 saturated heterocycles. The highest BCUT2D eigenvalue weighted by molar-refractivity contribution is 5.72. The topological polar surface area (TPSA) is 66.8 Å². The Hall–Kier alpha value is -0.870. The minimum atomic E-state index is -0.557. The Morgan fingerprint density at radius 3 is 0.720 bits per heavy atom. The molecule has 0 bridgehead atoms. The second-order valence-corrected chi connectivity index (χ2v) is 27.3. The molecule has 0 amide bonds. The van der Waals surface area contributed by atoms with Gasteiger partial charge in [-0.2, -0.15) is 0 Å². The molecule has 0 aliphatic heterocycles. The van der Waals surface area contributed by atoms with Gasteiger partial charge in [0.1, 0.15) is 0 Å². The van der Waals surface area contributed by atoms with E-state index in [1.54, 1.807) is 0 Å². The summed E-state index contributed by atoms with van der Waals surface area (Å²) in [4.78, 5) is 12.5. The average molecular weight is 1160 g/mol. The second kappa shape index (κ2) is 70.9. The average Bonchev–Trinajstić information content (AvgIpc) is 3.48. The van der Waals surface area contributed by atoms with E-state index < -0.39 is 6.10 Å². The van der Waals surface area contributed by atoms with Gasteiger partial charge in [0.2, 0.25) is 0 Å². The molecule has 0 aromatic carbocycles. The van der Waals surface area contributed by atoms with Crippen LogP contribution >= 0.6 is 0 Å². The van der Waals surface area contributed by atoms with Crippen LogP contribution in [-0.2, 0) is 9.53 Å². The summed E-state index contributed by atoms with van der Waals surface area (Å²) in [5.74, 6) is -0.0970. The predicted molar refractivity (Wildman–Crippen MR) is 367 cm³/mol. The van der Waals surface area contributed by atoms with Gasteiger partial charge in [0.25, 0.3) is 0 Å². The Kier molecular flexibility index (Phi) is 70.1. The highest BCUT2D eigenvalue weighted by Crippen LogP contribution is 2.24. The maximum Gasteiger partial charge on any atom is 0.311 e. The van der Waals surface area contributed by atoms with E-state index in [1.807, 2.05) is 0 Å². The lowest BCUT2D eigenvalue weighted by Gasteiger charge is -2.20. The molecule has 0 heterocycles. The molecule has 0 radical (unpaired) electrons. The number of carbonyl (C=O) groups is 1. The van der Waals surface area contributed by atoms with Gasteiger partial charge < -0.3 is 14.9 Å². The standard InChI is InChI=1S/C78H154O4/c1-5-7-9-11-13-15-17-19-21-23-24-36-39-43-47-51-55-59-63-67-71-75(78(81)82-4)77(80)73-69-65-61-57-53-49-45-41-38-35-33-31-29-27-25-26-28-30-32-34-37-40-44-48-52-56-60-64-68-72-76(79)74(3)70-66-62-58-54-50-46-42-22-20-18-16-14-12-10-8-6-2/h32,34,74-77,79-80H,5-31,33,35-73H2,1-4H3/b34-32-. The van der Waals surface area contributed by atoms with Crippen molar-refractivity contribution in [3.8, 4) is 0 Å². The van der Waals surface area contributed by atoms with Crippen LogP contribution in [0.4, 0.5) is 0 Å². The molecule has 2 N–H and O–H groups in total. The maximum atomic E-state index is 12.5. The number of esters is 1. The van der Waals surface area contributed by atoms with E-state index in [-0.39, 0.29) is 18.0 Å². The molecule has 0 rings (SSSR count). The summed E-state index contributed by atoms with van der Waals surface area (Å²) in [5.41, 5.74) is 0. The molecule has 4 heteroatoms. The van der Waals surface area contributed by atoms with Gasteiger partial charge in [-0.25, -0.2) is 0 Å². The van der Waals surface area contributed by atoms with Crippen LogP contribution in [0.15, 0.2) is 12.2 Å². The zero-order valence-electron chi connectivity index (χ0n) is 57.1. The number of hydrogen-bond acceptors (Lipinski definition) is 4. The second-order valence-electron chi connectivity index (χ2n) is 27.3. The fourth-order valence-corrected chi connectivity index (χ4v) is 13.1. The number of rotatable bonds is 72. The molecule has 4 atom stereocenters. The SMILES string of the molecule is CCCCCCCCCCCCCCCCCCCCCCC(C(=O)OC)C(O)CCCCCCCCCCCCCCCCCCC/C=C\CCCCCCCCCCC(O)C(C)CCCCCCCCCCCCCCCCCC. The summed E-state index contributed by atoms with van der Waals surface area (Å²) < 4.78 is 5.11. The molecule has 0 saturated carbocycles.